The fourth-order valence-electron chi connectivity index (χ4n) is 2.61. The van der Waals surface area contributed by atoms with Crippen LogP contribution in [0.2, 0.25) is 0 Å². The van der Waals surface area contributed by atoms with Gasteiger partial charge in [-0.05, 0) is 62.1 Å². The van der Waals surface area contributed by atoms with Gasteiger partial charge in [0.05, 0.1) is 12.7 Å². The van der Waals surface area contributed by atoms with Crippen molar-refractivity contribution in [3.05, 3.63) is 65.2 Å². The van der Waals surface area contributed by atoms with Crippen LogP contribution in [0.3, 0.4) is 0 Å². The lowest BCUT2D eigenvalue weighted by Crippen LogP contribution is -2.26. The first-order valence-electron chi connectivity index (χ1n) is 8.48. The summed E-state index contributed by atoms with van der Waals surface area (Å²) in [6.07, 6.45) is 1.40. The molecule has 134 valence electrons. The zero-order valence-corrected chi connectivity index (χ0v) is 15.5. The van der Waals surface area contributed by atoms with Gasteiger partial charge in [0.1, 0.15) is 5.75 Å². The topological polar surface area (TPSA) is 49.8 Å². The highest BCUT2D eigenvalue weighted by Crippen LogP contribution is 2.17. The van der Waals surface area contributed by atoms with Crippen LogP contribution in [-0.2, 0) is 13.0 Å². The third-order valence-corrected chi connectivity index (χ3v) is 4.12. The summed E-state index contributed by atoms with van der Waals surface area (Å²) >= 11 is 0. The van der Waals surface area contributed by atoms with E-state index >= 15 is 0 Å². The number of rotatable bonds is 7. The number of methoxy groups -OCH3 is 1. The Morgan fingerprint density at radius 2 is 1.80 bits per heavy atom. The molecule has 1 amide bonds. The van der Waals surface area contributed by atoms with Gasteiger partial charge in [0.15, 0.2) is 0 Å². The van der Waals surface area contributed by atoms with Crippen LogP contribution in [-0.4, -0.2) is 35.7 Å². The van der Waals surface area contributed by atoms with Gasteiger partial charge >= 0.3 is 0 Å². The minimum absolute atomic E-state index is 0.0130. The molecule has 4 heteroatoms. The smallest absolute Gasteiger partial charge is 0.253 e. The summed E-state index contributed by atoms with van der Waals surface area (Å²) < 4.78 is 5.15. The maximum Gasteiger partial charge on any atom is 0.253 e. The van der Waals surface area contributed by atoms with E-state index in [-0.39, 0.29) is 5.91 Å². The van der Waals surface area contributed by atoms with Gasteiger partial charge in [-0.25, -0.2) is 0 Å². The van der Waals surface area contributed by atoms with Crippen molar-refractivity contribution >= 4 is 5.91 Å². The van der Waals surface area contributed by atoms with Gasteiger partial charge in [0.25, 0.3) is 5.91 Å². The monoisotopic (exact) mass is 341 g/mol. The summed E-state index contributed by atoms with van der Waals surface area (Å²) in [4.78, 5) is 14.4. The number of carbonyl (C=O) groups is 1. The lowest BCUT2D eigenvalue weighted by atomic mass is 9.98. The Morgan fingerprint density at radius 1 is 1.12 bits per heavy atom. The molecule has 4 nitrogen and oxygen atoms in total. The average Bonchev–Trinajstić information content (AvgIpc) is 2.59. The molecule has 0 saturated heterocycles. The van der Waals surface area contributed by atoms with Crippen molar-refractivity contribution in [1.82, 2.24) is 4.90 Å². The number of aryl methyl sites for hydroxylation is 1. The number of benzene rings is 2. The van der Waals surface area contributed by atoms with Gasteiger partial charge in [0, 0.05) is 19.2 Å². The lowest BCUT2D eigenvalue weighted by molar-refractivity contribution is 0.0714. The van der Waals surface area contributed by atoms with Crippen LogP contribution in [0.4, 0.5) is 0 Å². The molecule has 0 fully saturated rings. The van der Waals surface area contributed by atoms with Gasteiger partial charge in [0.2, 0.25) is 0 Å². The predicted octanol–water partition coefficient (Wildman–Crippen LogP) is 3.67. The molecule has 0 aliphatic heterocycles. The van der Waals surface area contributed by atoms with Gasteiger partial charge in [-0.1, -0.05) is 24.3 Å². The molecule has 0 aromatic heterocycles. The number of ether oxygens (including phenoxy) is 1. The summed E-state index contributed by atoms with van der Waals surface area (Å²) in [6.45, 7) is 4.13. The zero-order valence-electron chi connectivity index (χ0n) is 15.5. The molecule has 0 aliphatic carbocycles. The fourth-order valence-corrected chi connectivity index (χ4v) is 2.61. The second-order valence-corrected chi connectivity index (χ2v) is 7.02. The highest BCUT2D eigenvalue weighted by atomic mass is 16.5. The van der Waals surface area contributed by atoms with E-state index in [0.717, 1.165) is 23.3 Å². The highest BCUT2D eigenvalue weighted by molar-refractivity contribution is 5.94. The quantitative estimate of drug-likeness (QED) is 0.836. The SMILES string of the molecule is COc1ccc(CN(C)C(=O)c2cccc(CCC(C)(C)O)c2)cc1. The number of nitrogens with zero attached hydrogens (tertiary/aromatic N) is 1. The molecule has 0 aliphatic rings. The van der Waals surface area contributed by atoms with Crippen molar-refractivity contribution in [1.29, 1.82) is 0 Å². The van der Waals surface area contributed by atoms with Crippen molar-refractivity contribution in [3.63, 3.8) is 0 Å². The van der Waals surface area contributed by atoms with Crippen molar-refractivity contribution in [2.45, 2.75) is 38.8 Å². The van der Waals surface area contributed by atoms with Gasteiger partial charge in [-0.3, -0.25) is 4.79 Å². The summed E-state index contributed by atoms with van der Waals surface area (Å²) in [7, 11) is 3.44. The van der Waals surface area contributed by atoms with Crippen LogP contribution in [0, 0.1) is 0 Å². The lowest BCUT2D eigenvalue weighted by Gasteiger charge is -2.19. The Balaban J connectivity index is 2.03. The Hall–Kier alpha value is -2.33. The number of hydrogen-bond acceptors (Lipinski definition) is 3. The van der Waals surface area contributed by atoms with E-state index in [0.29, 0.717) is 18.5 Å². The first-order chi connectivity index (χ1) is 11.8. The zero-order chi connectivity index (χ0) is 18.4. The van der Waals surface area contributed by atoms with Crippen LogP contribution in [0.25, 0.3) is 0 Å². The fraction of sp³-hybridized carbons (Fsp3) is 0.381. The normalized spacial score (nSPS) is 11.2. The highest BCUT2D eigenvalue weighted by Gasteiger charge is 2.15. The first kappa shape index (κ1) is 19.0. The molecular formula is C21H27NO3. The van der Waals surface area contributed by atoms with Crippen molar-refractivity contribution in [2.24, 2.45) is 0 Å². The van der Waals surface area contributed by atoms with Gasteiger partial charge in [-0.15, -0.1) is 0 Å². The van der Waals surface area contributed by atoms with Crippen LogP contribution in [0.1, 0.15) is 41.8 Å². The second kappa shape index (κ2) is 8.17. The molecule has 0 heterocycles. The van der Waals surface area contributed by atoms with E-state index in [2.05, 4.69) is 0 Å². The Kier molecular flexibility index (Phi) is 6.21. The Bertz CT molecular complexity index is 702. The van der Waals surface area contributed by atoms with Crippen LogP contribution in [0.5, 0.6) is 5.75 Å². The minimum Gasteiger partial charge on any atom is -0.497 e. The van der Waals surface area contributed by atoms with E-state index in [9.17, 15) is 9.90 Å². The first-order valence-corrected chi connectivity index (χ1v) is 8.48. The average molecular weight is 341 g/mol. The molecule has 0 spiro atoms. The molecule has 0 saturated carbocycles. The van der Waals surface area contributed by atoms with E-state index in [1.54, 1.807) is 32.9 Å². The molecular weight excluding hydrogens is 314 g/mol. The Morgan fingerprint density at radius 3 is 2.40 bits per heavy atom. The van der Waals surface area contributed by atoms with Crippen LogP contribution < -0.4 is 4.74 Å². The third-order valence-electron chi connectivity index (χ3n) is 4.12. The molecule has 2 aromatic carbocycles. The largest absolute Gasteiger partial charge is 0.497 e. The van der Waals surface area contributed by atoms with Crippen LogP contribution in [0.15, 0.2) is 48.5 Å². The number of aliphatic hydroxyl groups is 1. The third kappa shape index (κ3) is 5.91. The van der Waals surface area contributed by atoms with Gasteiger partial charge in [-0.2, -0.15) is 0 Å². The predicted molar refractivity (Wildman–Crippen MR) is 99.9 cm³/mol. The maximum absolute atomic E-state index is 12.7. The van der Waals surface area contributed by atoms with E-state index in [1.807, 2.05) is 48.5 Å². The maximum atomic E-state index is 12.7. The van der Waals surface area contributed by atoms with E-state index in [1.165, 1.54) is 0 Å². The number of hydrogen-bond donors (Lipinski definition) is 1. The standard InChI is InChI=1S/C21H27NO3/c1-21(2,24)13-12-16-6-5-7-18(14-16)20(23)22(3)15-17-8-10-19(25-4)11-9-17/h5-11,14,24H,12-13,15H2,1-4H3. The summed E-state index contributed by atoms with van der Waals surface area (Å²) in [6, 6.07) is 15.3. The molecule has 0 unspecified atom stereocenters. The summed E-state index contributed by atoms with van der Waals surface area (Å²) in [5.74, 6) is 0.790. The number of carbonyl (C=O) groups excluding carboxylic acids is 1. The molecule has 2 rings (SSSR count). The van der Waals surface area contributed by atoms with E-state index in [4.69, 9.17) is 4.74 Å². The van der Waals surface area contributed by atoms with Gasteiger partial charge < -0.3 is 14.7 Å². The van der Waals surface area contributed by atoms with Crippen LogP contribution >= 0.6 is 0 Å². The number of amides is 1. The molecule has 0 atom stereocenters. The van der Waals surface area contributed by atoms with Crippen molar-refractivity contribution in [3.8, 4) is 5.75 Å². The summed E-state index contributed by atoms with van der Waals surface area (Å²) in [5.41, 5.74) is 2.08. The second-order valence-electron chi connectivity index (χ2n) is 7.02. The molecule has 2 aromatic rings. The Labute approximate surface area is 150 Å². The van der Waals surface area contributed by atoms with Crippen molar-refractivity contribution < 1.29 is 14.6 Å². The molecule has 1 N–H and O–H groups in total. The minimum atomic E-state index is -0.703. The molecule has 25 heavy (non-hydrogen) atoms. The molecule has 0 bridgehead atoms. The summed E-state index contributed by atoms with van der Waals surface area (Å²) in [5, 5.41) is 9.86. The van der Waals surface area contributed by atoms with Crippen molar-refractivity contribution in [2.75, 3.05) is 14.2 Å². The van der Waals surface area contributed by atoms with E-state index < -0.39 is 5.60 Å². The molecule has 0 radical (unpaired) electrons.